The summed E-state index contributed by atoms with van der Waals surface area (Å²) in [5.41, 5.74) is 0.628. The number of imide groups is 1. The summed E-state index contributed by atoms with van der Waals surface area (Å²) in [7, 11) is 0. The van der Waals surface area contributed by atoms with Gasteiger partial charge >= 0.3 is 6.03 Å². The van der Waals surface area contributed by atoms with Gasteiger partial charge in [0.1, 0.15) is 5.54 Å². The number of rotatable bonds is 4. The first-order valence-electron chi connectivity index (χ1n) is 4.47. The van der Waals surface area contributed by atoms with Crippen LogP contribution in [0.3, 0.4) is 0 Å². The van der Waals surface area contributed by atoms with Gasteiger partial charge in [0.05, 0.1) is 6.61 Å². The summed E-state index contributed by atoms with van der Waals surface area (Å²) in [6, 6.07) is -0.741. The Hall–Kier alpha value is -1.63. The molecule has 7 nitrogen and oxygen atoms in total. The van der Waals surface area contributed by atoms with Gasteiger partial charge in [-0.25, -0.2) is 4.79 Å². The minimum Gasteiger partial charge on any atom is -0.393 e. The van der Waals surface area contributed by atoms with Crippen molar-refractivity contribution in [2.24, 2.45) is 5.92 Å². The standard InChI is InChI=1S/C8H13N3O4/c1-5(2)8(3-12)6(14)11(9-4-13)7(15)10-8/h4-5,12H,3H2,1-2H3,(H,9,13)(H,10,15). The first-order valence-corrected chi connectivity index (χ1v) is 4.47. The minimum atomic E-state index is -1.34. The first kappa shape index (κ1) is 11.4. The van der Waals surface area contributed by atoms with E-state index in [2.05, 4.69) is 5.32 Å². The Balaban J connectivity index is 3.01. The zero-order valence-corrected chi connectivity index (χ0v) is 8.48. The maximum Gasteiger partial charge on any atom is 0.344 e. The Morgan fingerprint density at radius 3 is 2.53 bits per heavy atom. The van der Waals surface area contributed by atoms with Crippen LogP contribution in [0.15, 0.2) is 0 Å². The second-order valence-electron chi connectivity index (χ2n) is 3.60. The van der Waals surface area contributed by atoms with Crippen LogP contribution < -0.4 is 10.7 Å². The number of aliphatic hydroxyl groups is 1. The number of hydrazine groups is 1. The van der Waals surface area contributed by atoms with Gasteiger partial charge in [-0.2, -0.15) is 5.01 Å². The molecule has 0 saturated carbocycles. The third-order valence-corrected chi connectivity index (χ3v) is 2.53. The number of urea groups is 1. The maximum atomic E-state index is 11.8. The molecule has 0 aromatic rings. The highest BCUT2D eigenvalue weighted by Crippen LogP contribution is 2.24. The SMILES string of the molecule is CC(C)C1(CO)NC(=O)N(NC=O)C1=O. The molecule has 1 heterocycles. The lowest BCUT2D eigenvalue weighted by atomic mass is 9.87. The molecule has 0 aliphatic carbocycles. The number of carbonyl (C=O) groups is 3. The van der Waals surface area contributed by atoms with E-state index in [0.717, 1.165) is 0 Å². The van der Waals surface area contributed by atoms with Crippen LogP contribution in [-0.2, 0) is 9.59 Å². The van der Waals surface area contributed by atoms with Crippen molar-refractivity contribution in [3.63, 3.8) is 0 Å². The summed E-state index contributed by atoms with van der Waals surface area (Å²) in [4.78, 5) is 33.3. The van der Waals surface area contributed by atoms with Crippen molar-refractivity contribution in [3.05, 3.63) is 0 Å². The van der Waals surface area contributed by atoms with Crippen LogP contribution in [0, 0.1) is 5.92 Å². The van der Waals surface area contributed by atoms with Gasteiger partial charge in [-0.15, -0.1) is 0 Å². The fraction of sp³-hybridized carbons (Fsp3) is 0.625. The van der Waals surface area contributed by atoms with Gasteiger partial charge in [-0.1, -0.05) is 13.8 Å². The lowest BCUT2D eigenvalue weighted by molar-refractivity contribution is -0.138. The summed E-state index contributed by atoms with van der Waals surface area (Å²) in [6.45, 7) is 2.88. The van der Waals surface area contributed by atoms with Gasteiger partial charge in [-0.05, 0) is 5.92 Å². The van der Waals surface area contributed by atoms with Crippen LogP contribution in [0.25, 0.3) is 0 Å². The predicted molar refractivity (Wildman–Crippen MR) is 49.2 cm³/mol. The summed E-state index contributed by atoms with van der Waals surface area (Å²) in [5.74, 6) is -0.936. The number of nitrogens with zero attached hydrogens (tertiary/aromatic N) is 1. The third kappa shape index (κ3) is 1.54. The zero-order chi connectivity index (χ0) is 11.6. The monoisotopic (exact) mass is 215 g/mol. The molecule has 7 heteroatoms. The second kappa shape index (κ2) is 3.85. The topological polar surface area (TPSA) is 98.7 Å². The molecule has 0 spiro atoms. The number of nitrogens with one attached hydrogen (secondary N) is 2. The average molecular weight is 215 g/mol. The molecule has 0 bridgehead atoms. The highest BCUT2D eigenvalue weighted by Gasteiger charge is 2.53. The highest BCUT2D eigenvalue weighted by molar-refractivity contribution is 6.07. The van der Waals surface area contributed by atoms with Crippen molar-refractivity contribution in [2.45, 2.75) is 19.4 Å². The van der Waals surface area contributed by atoms with Crippen LogP contribution >= 0.6 is 0 Å². The van der Waals surface area contributed by atoms with Crippen LogP contribution in [-0.4, -0.2) is 40.6 Å². The van der Waals surface area contributed by atoms with Crippen molar-refractivity contribution in [2.75, 3.05) is 6.61 Å². The van der Waals surface area contributed by atoms with E-state index in [1.165, 1.54) is 0 Å². The molecule has 1 aliphatic rings. The zero-order valence-electron chi connectivity index (χ0n) is 8.48. The van der Waals surface area contributed by atoms with Gasteiger partial charge in [0.2, 0.25) is 6.41 Å². The van der Waals surface area contributed by atoms with Crippen LogP contribution in [0.5, 0.6) is 0 Å². The Kier molecular flexibility index (Phi) is 2.94. The lowest BCUT2D eigenvalue weighted by Crippen LogP contribution is -2.55. The number of hydrogen-bond acceptors (Lipinski definition) is 4. The van der Waals surface area contributed by atoms with E-state index in [0.29, 0.717) is 5.01 Å². The van der Waals surface area contributed by atoms with E-state index in [1.54, 1.807) is 13.8 Å². The predicted octanol–water partition coefficient (Wildman–Crippen LogP) is -1.41. The number of hydrogen-bond donors (Lipinski definition) is 3. The second-order valence-corrected chi connectivity index (χ2v) is 3.60. The van der Waals surface area contributed by atoms with Crippen molar-refractivity contribution in [1.29, 1.82) is 0 Å². The fourth-order valence-electron chi connectivity index (χ4n) is 1.44. The molecule has 1 atom stereocenters. The van der Waals surface area contributed by atoms with E-state index < -0.39 is 24.1 Å². The molecule has 0 radical (unpaired) electrons. The smallest absolute Gasteiger partial charge is 0.344 e. The molecule has 0 aromatic carbocycles. The number of aliphatic hydroxyl groups excluding tert-OH is 1. The van der Waals surface area contributed by atoms with Crippen molar-refractivity contribution < 1.29 is 19.5 Å². The Labute approximate surface area is 86.4 Å². The largest absolute Gasteiger partial charge is 0.393 e. The molecular weight excluding hydrogens is 202 g/mol. The van der Waals surface area contributed by atoms with Crippen LogP contribution in [0.4, 0.5) is 4.79 Å². The van der Waals surface area contributed by atoms with E-state index in [4.69, 9.17) is 0 Å². The first-order chi connectivity index (χ1) is 6.99. The third-order valence-electron chi connectivity index (χ3n) is 2.53. The molecule has 15 heavy (non-hydrogen) atoms. The molecule has 84 valence electrons. The normalized spacial score (nSPS) is 25.7. The fourth-order valence-corrected chi connectivity index (χ4v) is 1.44. The van der Waals surface area contributed by atoms with Crippen LogP contribution in [0.2, 0.25) is 0 Å². The lowest BCUT2D eigenvalue weighted by Gasteiger charge is -2.27. The highest BCUT2D eigenvalue weighted by atomic mass is 16.3. The Bertz CT molecular complexity index is 304. The molecule has 1 saturated heterocycles. The molecule has 4 amide bonds. The van der Waals surface area contributed by atoms with Gasteiger partial charge in [0, 0.05) is 0 Å². The molecule has 0 aromatic heterocycles. The quantitative estimate of drug-likeness (QED) is 0.396. The van der Waals surface area contributed by atoms with Gasteiger partial charge in [0.25, 0.3) is 5.91 Å². The minimum absolute atomic E-state index is 0.227. The molecule has 1 fully saturated rings. The van der Waals surface area contributed by atoms with E-state index in [1.807, 2.05) is 5.43 Å². The van der Waals surface area contributed by atoms with E-state index in [-0.39, 0.29) is 12.3 Å². The Morgan fingerprint density at radius 2 is 2.20 bits per heavy atom. The molecular formula is C8H13N3O4. The summed E-state index contributed by atoms with van der Waals surface area (Å²) in [6.07, 6.45) is 0.227. The number of carbonyl (C=O) groups excluding carboxylic acids is 3. The van der Waals surface area contributed by atoms with Crippen LogP contribution in [0.1, 0.15) is 13.8 Å². The summed E-state index contributed by atoms with van der Waals surface area (Å²) >= 11 is 0. The van der Waals surface area contributed by atoms with Crippen molar-refractivity contribution >= 4 is 18.3 Å². The van der Waals surface area contributed by atoms with Gasteiger partial charge < -0.3 is 10.4 Å². The Morgan fingerprint density at radius 1 is 1.60 bits per heavy atom. The average Bonchev–Trinajstić information content (AvgIpc) is 2.43. The van der Waals surface area contributed by atoms with E-state index in [9.17, 15) is 19.5 Å². The maximum absolute atomic E-state index is 11.8. The molecule has 1 rings (SSSR count). The van der Waals surface area contributed by atoms with Gasteiger partial charge in [-0.3, -0.25) is 15.0 Å². The van der Waals surface area contributed by atoms with Crippen molar-refractivity contribution in [3.8, 4) is 0 Å². The van der Waals surface area contributed by atoms with Gasteiger partial charge in [0.15, 0.2) is 0 Å². The summed E-state index contributed by atoms with van der Waals surface area (Å²) in [5, 5.41) is 12.1. The summed E-state index contributed by atoms with van der Waals surface area (Å²) < 4.78 is 0. The molecule has 1 unspecified atom stereocenters. The van der Waals surface area contributed by atoms with Crippen molar-refractivity contribution in [1.82, 2.24) is 15.8 Å². The molecule has 1 aliphatic heterocycles. The number of amides is 4. The molecule has 3 N–H and O–H groups in total. The van der Waals surface area contributed by atoms with E-state index >= 15 is 0 Å².